The molecule has 0 bridgehead atoms. The van der Waals surface area contributed by atoms with E-state index >= 15 is 0 Å². The van der Waals surface area contributed by atoms with Crippen molar-refractivity contribution in [2.45, 2.75) is 6.04 Å². The summed E-state index contributed by atoms with van der Waals surface area (Å²) in [5, 5.41) is 25.7. The second kappa shape index (κ2) is 4.13. The number of carbonyl (C=O) groups is 1. The van der Waals surface area contributed by atoms with E-state index in [4.69, 9.17) is 5.11 Å². The van der Waals surface area contributed by atoms with Crippen LogP contribution in [0.1, 0.15) is 11.6 Å². The van der Waals surface area contributed by atoms with Crippen molar-refractivity contribution in [2.75, 3.05) is 5.32 Å². The number of hydrogen-bond acceptors (Lipinski definition) is 5. The highest BCUT2D eigenvalue weighted by Crippen LogP contribution is 2.32. The minimum atomic E-state index is -1.09. The fraction of sp³-hybridized carbons (Fsp3) is 0.0833. The molecule has 19 heavy (non-hydrogen) atoms. The monoisotopic (exact) mass is 258 g/mol. The number of para-hydroxylation sites is 1. The Balaban J connectivity index is 2.15. The Kier molecular flexibility index (Phi) is 2.45. The molecular formula is C12H10N4O3. The summed E-state index contributed by atoms with van der Waals surface area (Å²) >= 11 is 0. The number of carboxylic acids is 1. The summed E-state index contributed by atoms with van der Waals surface area (Å²) in [5.41, 5.74) is 0.572. The van der Waals surface area contributed by atoms with Crippen LogP contribution >= 0.6 is 0 Å². The summed E-state index contributed by atoms with van der Waals surface area (Å²) in [6.07, 6.45) is 2.81. The van der Waals surface area contributed by atoms with E-state index in [1.54, 1.807) is 24.3 Å². The molecule has 1 unspecified atom stereocenters. The standard InChI is InChI=1S/C12H10N4O3/c17-10-4-2-1-3-7(10)9-5-8(11(18)19)15-12-13-6-14-16(9)12/h1-6,9,17H,(H,18,19)(H,13,14,15). The van der Waals surface area contributed by atoms with E-state index < -0.39 is 12.0 Å². The van der Waals surface area contributed by atoms with Crippen molar-refractivity contribution < 1.29 is 15.0 Å². The van der Waals surface area contributed by atoms with Crippen LogP contribution in [0, 0.1) is 0 Å². The van der Waals surface area contributed by atoms with Gasteiger partial charge in [0, 0.05) is 5.56 Å². The number of allylic oxidation sites excluding steroid dienone is 1. The van der Waals surface area contributed by atoms with Crippen LogP contribution in [-0.4, -0.2) is 30.9 Å². The first-order valence-electron chi connectivity index (χ1n) is 5.56. The summed E-state index contributed by atoms with van der Waals surface area (Å²) in [6, 6.07) is 6.21. The summed E-state index contributed by atoms with van der Waals surface area (Å²) < 4.78 is 1.52. The maximum atomic E-state index is 11.1. The lowest BCUT2D eigenvalue weighted by atomic mass is 10.0. The fourth-order valence-corrected chi connectivity index (χ4v) is 2.02. The lowest BCUT2D eigenvalue weighted by molar-refractivity contribution is -0.132. The Hall–Kier alpha value is -2.83. The maximum absolute atomic E-state index is 11.1. The van der Waals surface area contributed by atoms with Crippen molar-refractivity contribution in [1.29, 1.82) is 0 Å². The highest BCUT2D eigenvalue weighted by molar-refractivity contribution is 5.90. The number of aromatic nitrogens is 3. The third-order valence-corrected chi connectivity index (χ3v) is 2.89. The van der Waals surface area contributed by atoms with Gasteiger partial charge in [0.15, 0.2) is 0 Å². The molecule has 3 rings (SSSR count). The number of fused-ring (bicyclic) bond motifs is 1. The van der Waals surface area contributed by atoms with Crippen molar-refractivity contribution in [3.63, 3.8) is 0 Å². The van der Waals surface area contributed by atoms with Gasteiger partial charge < -0.3 is 15.5 Å². The van der Waals surface area contributed by atoms with Crippen LogP contribution in [0.25, 0.3) is 0 Å². The van der Waals surface area contributed by atoms with E-state index in [1.807, 2.05) is 0 Å². The highest BCUT2D eigenvalue weighted by Gasteiger charge is 2.26. The highest BCUT2D eigenvalue weighted by atomic mass is 16.4. The molecule has 1 aliphatic rings. The molecule has 0 saturated heterocycles. The normalized spacial score (nSPS) is 17.3. The van der Waals surface area contributed by atoms with Gasteiger partial charge in [-0.05, 0) is 12.1 Å². The number of phenols is 1. The van der Waals surface area contributed by atoms with Gasteiger partial charge in [-0.25, -0.2) is 9.48 Å². The third-order valence-electron chi connectivity index (χ3n) is 2.89. The Labute approximate surface area is 107 Å². The number of phenolic OH excluding ortho intramolecular Hbond substituents is 1. The number of nitrogens with one attached hydrogen (secondary N) is 1. The average Bonchev–Trinajstić information content (AvgIpc) is 2.86. The molecule has 7 heteroatoms. The minimum absolute atomic E-state index is 0.00810. The minimum Gasteiger partial charge on any atom is -0.508 e. The van der Waals surface area contributed by atoms with E-state index in [1.165, 1.54) is 17.1 Å². The van der Waals surface area contributed by atoms with Crippen LogP contribution in [0.15, 0.2) is 42.4 Å². The van der Waals surface area contributed by atoms with Crippen LogP contribution in [-0.2, 0) is 4.79 Å². The number of aliphatic carboxylic acids is 1. The van der Waals surface area contributed by atoms with Gasteiger partial charge in [-0.2, -0.15) is 10.1 Å². The van der Waals surface area contributed by atoms with Crippen LogP contribution in [0.2, 0.25) is 0 Å². The Morgan fingerprint density at radius 3 is 2.89 bits per heavy atom. The van der Waals surface area contributed by atoms with Crippen LogP contribution in [0.5, 0.6) is 5.75 Å². The van der Waals surface area contributed by atoms with Crippen LogP contribution in [0.3, 0.4) is 0 Å². The van der Waals surface area contributed by atoms with Crippen molar-refractivity contribution in [3.8, 4) is 5.75 Å². The second-order valence-electron chi connectivity index (χ2n) is 4.04. The Bertz CT molecular complexity index is 677. The topological polar surface area (TPSA) is 100 Å². The summed E-state index contributed by atoms with van der Waals surface area (Å²) in [4.78, 5) is 15.0. The molecule has 1 aliphatic heterocycles. The van der Waals surface area contributed by atoms with E-state index in [-0.39, 0.29) is 11.4 Å². The number of rotatable bonds is 2. The molecular weight excluding hydrogens is 248 g/mol. The SMILES string of the molecule is O=C(O)C1=CC(c2ccccc2O)n2ncnc2N1. The first-order valence-corrected chi connectivity index (χ1v) is 5.56. The first-order chi connectivity index (χ1) is 9.16. The maximum Gasteiger partial charge on any atom is 0.352 e. The van der Waals surface area contributed by atoms with Crippen molar-refractivity contribution in [1.82, 2.24) is 14.8 Å². The van der Waals surface area contributed by atoms with E-state index in [0.29, 0.717) is 11.5 Å². The number of anilines is 1. The molecule has 0 amide bonds. The van der Waals surface area contributed by atoms with Gasteiger partial charge in [0.2, 0.25) is 5.95 Å². The van der Waals surface area contributed by atoms with E-state index in [0.717, 1.165) is 0 Å². The zero-order valence-electron chi connectivity index (χ0n) is 9.69. The van der Waals surface area contributed by atoms with Gasteiger partial charge in [0.25, 0.3) is 0 Å². The van der Waals surface area contributed by atoms with Gasteiger partial charge in [0.05, 0.1) is 0 Å². The fourth-order valence-electron chi connectivity index (χ4n) is 2.02. The van der Waals surface area contributed by atoms with Crippen molar-refractivity contribution in [2.24, 2.45) is 0 Å². The number of hydrogen-bond donors (Lipinski definition) is 3. The summed E-state index contributed by atoms with van der Waals surface area (Å²) in [7, 11) is 0. The molecule has 0 spiro atoms. The Morgan fingerprint density at radius 2 is 2.16 bits per heavy atom. The van der Waals surface area contributed by atoms with Crippen molar-refractivity contribution >= 4 is 11.9 Å². The molecule has 1 aromatic heterocycles. The number of benzene rings is 1. The van der Waals surface area contributed by atoms with E-state index in [2.05, 4.69) is 15.4 Å². The zero-order chi connectivity index (χ0) is 13.4. The lowest BCUT2D eigenvalue weighted by Crippen LogP contribution is -2.24. The lowest BCUT2D eigenvalue weighted by Gasteiger charge is -2.22. The smallest absolute Gasteiger partial charge is 0.352 e. The van der Waals surface area contributed by atoms with Gasteiger partial charge in [-0.15, -0.1) is 0 Å². The molecule has 7 nitrogen and oxygen atoms in total. The largest absolute Gasteiger partial charge is 0.508 e. The summed E-state index contributed by atoms with van der Waals surface area (Å²) in [5.74, 6) is -0.681. The average molecular weight is 258 g/mol. The number of aromatic hydroxyl groups is 1. The molecule has 96 valence electrons. The number of nitrogens with zero attached hydrogens (tertiary/aromatic N) is 3. The molecule has 1 aromatic carbocycles. The molecule has 0 aliphatic carbocycles. The van der Waals surface area contributed by atoms with Crippen molar-refractivity contribution in [3.05, 3.63) is 47.9 Å². The molecule has 3 N–H and O–H groups in total. The third kappa shape index (κ3) is 1.81. The van der Waals surface area contributed by atoms with Gasteiger partial charge in [-0.3, -0.25) is 0 Å². The van der Waals surface area contributed by atoms with Gasteiger partial charge >= 0.3 is 5.97 Å². The van der Waals surface area contributed by atoms with E-state index in [9.17, 15) is 9.90 Å². The zero-order valence-corrected chi connectivity index (χ0v) is 9.69. The molecule has 0 saturated carbocycles. The summed E-state index contributed by atoms with van der Waals surface area (Å²) in [6.45, 7) is 0. The van der Waals surface area contributed by atoms with Gasteiger partial charge in [-0.1, -0.05) is 18.2 Å². The predicted octanol–water partition coefficient (Wildman–Crippen LogP) is 0.967. The van der Waals surface area contributed by atoms with Crippen LogP contribution < -0.4 is 5.32 Å². The molecule has 0 radical (unpaired) electrons. The van der Waals surface area contributed by atoms with Gasteiger partial charge in [0.1, 0.15) is 23.8 Å². The molecule has 1 atom stereocenters. The molecule has 2 aromatic rings. The van der Waals surface area contributed by atoms with Crippen LogP contribution in [0.4, 0.5) is 5.95 Å². The predicted molar refractivity (Wildman–Crippen MR) is 65.6 cm³/mol. The molecule has 2 heterocycles. The second-order valence-corrected chi connectivity index (χ2v) is 4.04. The quantitative estimate of drug-likeness (QED) is 0.742. The number of carboxylic acid groups (broad SMARTS) is 1. The first kappa shape index (κ1) is 11.3. The molecule has 0 fully saturated rings. The Morgan fingerprint density at radius 1 is 1.37 bits per heavy atom.